The van der Waals surface area contributed by atoms with Gasteiger partial charge in [-0.1, -0.05) is 62.0 Å². The summed E-state index contributed by atoms with van der Waals surface area (Å²) in [6.45, 7) is 0. The van der Waals surface area contributed by atoms with Crippen LogP contribution in [-0.4, -0.2) is 0 Å². The molecule has 0 saturated carbocycles. The number of fused-ring (bicyclic) bond motifs is 3. The van der Waals surface area contributed by atoms with Gasteiger partial charge in [-0.15, -0.1) is 63.9 Å². The van der Waals surface area contributed by atoms with Crippen LogP contribution in [0.1, 0.15) is 19.4 Å². The zero-order chi connectivity index (χ0) is 18.0. The average Bonchev–Trinajstić information content (AvgIpc) is 3.40. The molecule has 0 amide bonds. The first kappa shape index (κ1) is 33.7. The Morgan fingerprint density at radius 1 is 0.774 bits per heavy atom. The van der Waals surface area contributed by atoms with Gasteiger partial charge in [0, 0.05) is 0 Å². The molecule has 31 heavy (non-hydrogen) atoms. The Bertz CT molecular complexity index is 1010. The molecular formula is C28H26Cl2Zr-4. The molecule has 0 aromatic heterocycles. The van der Waals surface area contributed by atoms with Crippen molar-refractivity contribution in [3.8, 4) is 5.92 Å². The number of hydrogen-bond acceptors (Lipinski definition) is 0. The average molecular weight is 525 g/mol. The van der Waals surface area contributed by atoms with Crippen molar-refractivity contribution in [3.63, 3.8) is 0 Å². The molecule has 0 unspecified atom stereocenters. The molecule has 0 N–H and O–H groups in total. The number of hydrogen-bond donors (Lipinski definition) is 0. The van der Waals surface area contributed by atoms with E-state index in [1.165, 1.54) is 21.5 Å². The Kier molecular flexibility index (Phi) is 20.4. The monoisotopic (exact) mass is 522 g/mol. The summed E-state index contributed by atoms with van der Waals surface area (Å²) in [7, 11) is 0. The largest absolute Gasteiger partial charge is 2.00 e. The normalized spacial score (nSPS) is 9.52. The summed E-state index contributed by atoms with van der Waals surface area (Å²) in [5, 5.41) is 5.39. The zero-order valence-electron chi connectivity index (χ0n) is 16.8. The molecular weight excluding hydrogens is 498 g/mol. The van der Waals surface area contributed by atoms with Gasteiger partial charge >= 0.3 is 26.2 Å². The minimum Gasteiger partial charge on any atom is -1.00 e. The van der Waals surface area contributed by atoms with Gasteiger partial charge in [0.15, 0.2) is 0 Å². The maximum atomic E-state index is 6.69. The van der Waals surface area contributed by atoms with Crippen LogP contribution in [0.4, 0.5) is 0 Å². The van der Waals surface area contributed by atoms with E-state index in [-0.39, 0.29) is 65.9 Å². The predicted molar refractivity (Wildman–Crippen MR) is 124 cm³/mol. The van der Waals surface area contributed by atoms with Gasteiger partial charge in [-0.3, -0.25) is 12.0 Å². The van der Waals surface area contributed by atoms with Crippen LogP contribution in [0.25, 0.3) is 21.5 Å². The second-order valence-corrected chi connectivity index (χ2v) is 5.81. The van der Waals surface area contributed by atoms with E-state index < -0.39 is 0 Å². The van der Waals surface area contributed by atoms with Crippen LogP contribution in [0.15, 0.2) is 103 Å². The van der Waals surface area contributed by atoms with E-state index in [2.05, 4.69) is 72.7 Å². The van der Waals surface area contributed by atoms with Crippen molar-refractivity contribution in [1.29, 1.82) is 0 Å². The van der Waals surface area contributed by atoms with Gasteiger partial charge in [0.2, 0.25) is 0 Å². The molecule has 4 aromatic rings. The summed E-state index contributed by atoms with van der Waals surface area (Å²) < 4.78 is 0. The maximum absolute atomic E-state index is 6.69. The van der Waals surface area contributed by atoms with Crippen LogP contribution in [-0.2, 0) is 26.2 Å². The van der Waals surface area contributed by atoms with Crippen LogP contribution in [0, 0.1) is 25.8 Å². The smallest absolute Gasteiger partial charge is 1.00 e. The van der Waals surface area contributed by atoms with Crippen molar-refractivity contribution in [1.82, 2.24) is 0 Å². The van der Waals surface area contributed by atoms with Crippen LogP contribution in [0.3, 0.4) is 0 Å². The van der Waals surface area contributed by atoms with Crippen LogP contribution in [0.2, 0.25) is 0 Å². The van der Waals surface area contributed by atoms with Gasteiger partial charge in [0.25, 0.3) is 0 Å². The molecule has 0 fully saturated rings. The third-order valence-corrected chi connectivity index (χ3v) is 4.03. The minimum atomic E-state index is 0. The first-order chi connectivity index (χ1) is 12.9. The van der Waals surface area contributed by atoms with Crippen molar-refractivity contribution < 1.29 is 51.0 Å². The van der Waals surface area contributed by atoms with Crippen LogP contribution >= 0.6 is 0 Å². The van der Waals surface area contributed by atoms with Crippen molar-refractivity contribution in [3.05, 3.63) is 129 Å². The third-order valence-electron chi connectivity index (χ3n) is 4.03. The summed E-state index contributed by atoms with van der Waals surface area (Å²) in [5.41, 5.74) is 0.826. The van der Waals surface area contributed by atoms with Gasteiger partial charge in [-0.25, -0.2) is 12.2 Å². The van der Waals surface area contributed by atoms with E-state index in [9.17, 15) is 0 Å². The zero-order valence-corrected chi connectivity index (χ0v) is 20.7. The second-order valence-electron chi connectivity index (χ2n) is 5.81. The van der Waals surface area contributed by atoms with Crippen molar-refractivity contribution in [2.75, 3.05) is 0 Å². The van der Waals surface area contributed by atoms with Crippen molar-refractivity contribution in [2.45, 2.75) is 13.8 Å². The molecule has 3 heteroatoms. The molecule has 0 spiro atoms. The fraction of sp³-hybridized carbons (Fsp3) is 0.0714. The van der Waals surface area contributed by atoms with Gasteiger partial charge in [-0.05, 0) is 0 Å². The SMILES string of the molecule is C.[C-]#Cc1ccccc1.[C-]1=CC=CC1.[CH3-].[Cl-].[Cl-].[Zr+2].c1ccc2c(c1)[cH-]c1ccccc12. The van der Waals surface area contributed by atoms with E-state index >= 15 is 0 Å². The molecule has 160 valence electrons. The fourth-order valence-corrected chi connectivity index (χ4v) is 2.77. The standard InChI is InChI=1S/C13H9.C8H5.C5H5.CH4.CH3.2ClH.Zr/c1-3-7-12-10(5-1)9-11-6-2-4-8-13(11)12;1-2-8-6-4-3-5-7-8;1-2-4-5-3-1;;;;;/h1-9H;3-7H;1-3H,4H2;1H4;1H3;2*1H;/q3*-1;;-1;;;+2/p-2. The van der Waals surface area contributed by atoms with E-state index in [0.29, 0.717) is 0 Å². The van der Waals surface area contributed by atoms with Crippen LogP contribution in [0.5, 0.6) is 0 Å². The Balaban J connectivity index is -0.000000385. The minimum absolute atomic E-state index is 0. The second kappa shape index (κ2) is 18.8. The summed E-state index contributed by atoms with van der Waals surface area (Å²) in [5.74, 6) is 2.28. The van der Waals surface area contributed by atoms with Gasteiger partial charge in [0.05, 0.1) is 0 Å². The first-order valence-corrected chi connectivity index (χ1v) is 8.61. The van der Waals surface area contributed by atoms with E-state index in [4.69, 9.17) is 6.42 Å². The third kappa shape index (κ3) is 10.3. The fourth-order valence-electron chi connectivity index (χ4n) is 2.77. The Hall–Kier alpha value is -1.97. The molecule has 0 aliphatic heterocycles. The molecule has 1 aliphatic rings. The molecule has 4 aromatic carbocycles. The molecule has 1 aliphatic carbocycles. The number of allylic oxidation sites excluding steroid dienone is 4. The quantitative estimate of drug-likeness (QED) is 0.243. The Morgan fingerprint density at radius 2 is 1.26 bits per heavy atom. The molecule has 0 heterocycles. The summed E-state index contributed by atoms with van der Waals surface area (Å²) in [6.07, 6.45) is 16.7. The van der Waals surface area contributed by atoms with E-state index in [0.717, 1.165) is 12.0 Å². The summed E-state index contributed by atoms with van der Waals surface area (Å²) in [6, 6.07) is 28.6. The molecule has 0 atom stereocenters. The number of benzene rings is 3. The topological polar surface area (TPSA) is 0 Å². The summed E-state index contributed by atoms with van der Waals surface area (Å²) in [4.78, 5) is 0. The molecule has 5 rings (SSSR count). The molecule has 0 saturated heterocycles. The molecule has 0 radical (unpaired) electrons. The number of rotatable bonds is 0. The van der Waals surface area contributed by atoms with E-state index in [1.807, 2.05) is 42.5 Å². The first-order valence-electron chi connectivity index (χ1n) is 8.61. The Labute approximate surface area is 219 Å². The van der Waals surface area contributed by atoms with Crippen molar-refractivity contribution >= 4 is 21.5 Å². The molecule has 0 nitrogen and oxygen atoms in total. The van der Waals surface area contributed by atoms with E-state index in [1.54, 1.807) is 0 Å². The van der Waals surface area contributed by atoms with Crippen LogP contribution < -0.4 is 24.8 Å². The van der Waals surface area contributed by atoms with Gasteiger partial charge in [-0.2, -0.15) is 6.08 Å². The number of halogens is 2. The van der Waals surface area contributed by atoms with Crippen molar-refractivity contribution in [2.24, 2.45) is 0 Å². The summed E-state index contributed by atoms with van der Waals surface area (Å²) >= 11 is 0. The predicted octanol–water partition coefficient (Wildman–Crippen LogP) is 1.73. The van der Waals surface area contributed by atoms with Gasteiger partial charge < -0.3 is 38.7 Å². The van der Waals surface area contributed by atoms with Gasteiger partial charge in [0.1, 0.15) is 0 Å². The maximum Gasteiger partial charge on any atom is 2.00 e. The molecule has 0 bridgehead atoms. The Morgan fingerprint density at radius 3 is 1.61 bits per heavy atom.